The van der Waals surface area contributed by atoms with Crippen molar-refractivity contribution in [2.75, 3.05) is 25.9 Å². The molecule has 0 aromatic carbocycles. The number of nitrogens with two attached hydrogens (primary N) is 4. The maximum atomic E-state index is 11.7. The van der Waals surface area contributed by atoms with E-state index in [9.17, 15) is 15.0 Å². The summed E-state index contributed by atoms with van der Waals surface area (Å²) in [6, 6.07) is -1.02. The normalized spacial score (nSPS) is 24.1. The first-order valence-corrected chi connectivity index (χ1v) is 10.8. The average molecular weight is 481 g/mol. The van der Waals surface area contributed by atoms with Crippen LogP contribution in [0.15, 0.2) is 17.6 Å². The average Bonchev–Trinajstić information content (AvgIpc) is 3.36. The number of methoxy groups -OCH3 is 1. The fourth-order valence-electron chi connectivity index (χ4n) is 3.90. The van der Waals surface area contributed by atoms with Gasteiger partial charge in [0.25, 0.3) is 0 Å². The van der Waals surface area contributed by atoms with E-state index in [0.717, 1.165) is 0 Å². The van der Waals surface area contributed by atoms with Gasteiger partial charge in [-0.05, 0) is 19.3 Å². The van der Waals surface area contributed by atoms with Gasteiger partial charge in [0.2, 0.25) is 0 Å². The molecular weight excluding hydrogens is 448 g/mol. The summed E-state index contributed by atoms with van der Waals surface area (Å²) in [6.45, 7) is 0.774. The number of ether oxygens (including phenoxy) is 2. The van der Waals surface area contributed by atoms with E-state index in [1.54, 1.807) is 0 Å². The lowest BCUT2D eigenvalue weighted by atomic mass is 9.98. The summed E-state index contributed by atoms with van der Waals surface area (Å²) in [6.07, 6.45) is -0.242. The molecule has 0 amide bonds. The third-order valence-corrected chi connectivity index (χ3v) is 5.68. The van der Waals surface area contributed by atoms with Crippen molar-refractivity contribution in [1.29, 1.82) is 0 Å². The number of nitrogens with one attached hydrogen (secondary N) is 1. The minimum Gasteiger partial charge on any atom is -0.468 e. The number of aliphatic hydroxyl groups excluding tert-OH is 2. The van der Waals surface area contributed by atoms with Crippen LogP contribution in [-0.2, 0) is 14.3 Å². The summed E-state index contributed by atoms with van der Waals surface area (Å²) < 4.78 is 12.2. The molecule has 1 fully saturated rings. The van der Waals surface area contributed by atoms with Gasteiger partial charge in [-0.15, -0.1) is 0 Å². The number of esters is 1. The maximum Gasteiger partial charge on any atom is 0.322 e. The van der Waals surface area contributed by atoms with E-state index in [1.165, 1.54) is 24.3 Å². The van der Waals surface area contributed by atoms with Gasteiger partial charge < -0.3 is 47.9 Å². The molecule has 11 N–H and O–H groups in total. The SMILES string of the molecule is COC(=O)[C@@H](N)CC[C@@H](C[C@H]1O[C@@H](n2cnc3c(N)ncnc32)[C@@H](O)C1O)NCCN=C(N)N. The van der Waals surface area contributed by atoms with Gasteiger partial charge in [-0.1, -0.05) is 0 Å². The first kappa shape index (κ1) is 25.5. The summed E-state index contributed by atoms with van der Waals surface area (Å²) in [5.41, 5.74) is 23.2. The van der Waals surface area contributed by atoms with Crippen molar-refractivity contribution >= 4 is 28.9 Å². The quantitative estimate of drug-likeness (QED) is 0.0730. The van der Waals surface area contributed by atoms with Gasteiger partial charge in [-0.3, -0.25) is 14.4 Å². The topological polar surface area (TPSA) is 248 Å². The van der Waals surface area contributed by atoms with Crippen molar-refractivity contribution in [3.8, 4) is 0 Å². The van der Waals surface area contributed by atoms with Gasteiger partial charge in [-0.25, -0.2) is 15.0 Å². The number of carbonyl (C=O) groups is 1. The zero-order valence-electron chi connectivity index (χ0n) is 18.8. The summed E-state index contributed by atoms with van der Waals surface area (Å²) >= 11 is 0. The zero-order chi connectivity index (χ0) is 24.8. The molecule has 0 saturated carbocycles. The van der Waals surface area contributed by atoms with Crippen molar-refractivity contribution in [1.82, 2.24) is 24.8 Å². The number of aliphatic hydroxyl groups is 2. The molecule has 0 spiro atoms. The summed E-state index contributed by atoms with van der Waals surface area (Å²) in [5, 5.41) is 24.7. The Bertz CT molecular complexity index is 997. The molecule has 3 rings (SSSR count). The van der Waals surface area contributed by atoms with Crippen molar-refractivity contribution < 1.29 is 24.5 Å². The Morgan fingerprint density at radius 2 is 2.06 bits per heavy atom. The minimum atomic E-state index is -1.24. The predicted molar refractivity (Wildman–Crippen MR) is 122 cm³/mol. The highest BCUT2D eigenvalue weighted by atomic mass is 16.6. The van der Waals surface area contributed by atoms with Crippen molar-refractivity contribution in [3.05, 3.63) is 12.7 Å². The van der Waals surface area contributed by atoms with Crippen LogP contribution in [0.25, 0.3) is 11.2 Å². The van der Waals surface area contributed by atoms with E-state index >= 15 is 0 Å². The molecule has 2 aromatic rings. The Kier molecular flexibility index (Phi) is 8.51. The molecule has 34 heavy (non-hydrogen) atoms. The van der Waals surface area contributed by atoms with E-state index in [-0.39, 0.29) is 17.8 Å². The van der Waals surface area contributed by atoms with Crippen molar-refractivity contribution in [3.63, 3.8) is 0 Å². The van der Waals surface area contributed by atoms with E-state index in [0.29, 0.717) is 43.5 Å². The zero-order valence-corrected chi connectivity index (χ0v) is 18.8. The number of rotatable bonds is 11. The predicted octanol–water partition coefficient (Wildman–Crippen LogP) is -3.07. The van der Waals surface area contributed by atoms with Crippen LogP contribution < -0.4 is 28.3 Å². The number of hydrogen-bond donors (Lipinski definition) is 7. The monoisotopic (exact) mass is 480 g/mol. The number of nitrogens with zero attached hydrogens (tertiary/aromatic N) is 5. The Morgan fingerprint density at radius 1 is 1.29 bits per heavy atom. The number of guanidine groups is 1. The Morgan fingerprint density at radius 3 is 2.76 bits per heavy atom. The van der Waals surface area contributed by atoms with Crippen LogP contribution in [0.4, 0.5) is 5.82 Å². The van der Waals surface area contributed by atoms with Crippen LogP contribution in [0.2, 0.25) is 0 Å². The second kappa shape index (κ2) is 11.3. The molecule has 188 valence electrons. The summed E-state index contributed by atoms with van der Waals surface area (Å²) in [5.74, 6) is -0.343. The Balaban J connectivity index is 1.70. The largest absolute Gasteiger partial charge is 0.468 e. The standard InChI is InChI=1S/C19H32N10O5/c1-33-18(32)10(20)3-2-9(24-4-5-25-19(22)23)6-11-13(30)14(31)17(34-11)29-8-28-12-15(21)26-7-27-16(12)29/h7-11,13-14,17,24,30-31H,2-6,20H2,1H3,(H2,21,26,27)(H4,22,23,25)/t9-,10-,11+,13?,14-,17+/m0/s1. The third kappa shape index (κ3) is 5.87. The van der Waals surface area contributed by atoms with E-state index in [1.807, 2.05) is 0 Å². The molecule has 2 aromatic heterocycles. The van der Waals surface area contributed by atoms with E-state index in [2.05, 4.69) is 30.0 Å². The maximum absolute atomic E-state index is 11.7. The van der Waals surface area contributed by atoms with Crippen molar-refractivity contribution in [2.45, 2.75) is 55.9 Å². The van der Waals surface area contributed by atoms with Crippen LogP contribution in [0.1, 0.15) is 25.5 Å². The third-order valence-electron chi connectivity index (χ3n) is 5.68. The smallest absolute Gasteiger partial charge is 0.322 e. The van der Waals surface area contributed by atoms with Gasteiger partial charge in [0.05, 0.1) is 26.1 Å². The van der Waals surface area contributed by atoms with Crippen LogP contribution >= 0.6 is 0 Å². The number of carbonyl (C=O) groups excluding carboxylic acids is 1. The molecule has 15 heteroatoms. The number of aromatic nitrogens is 4. The molecular formula is C19H32N10O5. The Hall–Kier alpha value is -3.11. The molecule has 0 radical (unpaired) electrons. The number of fused-ring (bicyclic) bond motifs is 1. The van der Waals surface area contributed by atoms with Gasteiger partial charge in [0.15, 0.2) is 23.7 Å². The van der Waals surface area contributed by atoms with Crippen LogP contribution in [0.5, 0.6) is 0 Å². The summed E-state index contributed by atoms with van der Waals surface area (Å²) in [7, 11) is 1.27. The molecule has 1 unspecified atom stereocenters. The molecule has 1 saturated heterocycles. The van der Waals surface area contributed by atoms with Gasteiger partial charge >= 0.3 is 5.97 Å². The second-order valence-electron chi connectivity index (χ2n) is 8.03. The summed E-state index contributed by atoms with van der Waals surface area (Å²) in [4.78, 5) is 27.8. The van der Waals surface area contributed by atoms with Gasteiger partial charge in [0, 0.05) is 12.6 Å². The molecule has 3 heterocycles. The molecule has 1 aliphatic rings. The molecule has 6 atom stereocenters. The van der Waals surface area contributed by atoms with Gasteiger partial charge in [0.1, 0.15) is 30.1 Å². The lowest BCUT2D eigenvalue weighted by molar-refractivity contribution is -0.142. The highest BCUT2D eigenvalue weighted by Gasteiger charge is 2.45. The number of imidazole rings is 1. The Labute approximate surface area is 195 Å². The molecule has 1 aliphatic heterocycles. The molecule has 0 aliphatic carbocycles. The number of anilines is 1. The van der Waals surface area contributed by atoms with E-state index < -0.39 is 36.6 Å². The fourth-order valence-corrected chi connectivity index (χ4v) is 3.90. The van der Waals surface area contributed by atoms with Crippen LogP contribution in [-0.4, -0.2) is 92.3 Å². The number of nitrogen functional groups attached to an aromatic ring is 1. The lowest BCUT2D eigenvalue weighted by Gasteiger charge is -2.24. The lowest BCUT2D eigenvalue weighted by Crippen LogP contribution is -2.41. The van der Waals surface area contributed by atoms with Gasteiger partial charge in [-0.2, -0.15) is 0 Å². The molecule has 0 bridgehead atoms. The highest BCUT2D eigenvalue weighted by molar-refractivity contribution is 5.81. The second-order valence-corrected chi connectivity index (χ2v) is 8.03. The number of aliphatic imine (C=N–C) groups is 1. The minimum absolute atomic E-state index is 0.0245. The number of hydrogen-bond acceptors (Lipinski definition) is 12. The molecule has 15 nitrogen and oxygen atoms in total. The van der Waals surface area contributed by atoms with Crippen molar-refractivity contribution in [2.24, 2.45) is 22.2 Å². The fraction of sp³-hybridized carbons (Fsp3) is 0.632. The van der Waals surface area contributed by atoms with E-state index in [4.69, 9.17) is 27.7 Å². The van der Waals surface area contributed by atoms with Crippen LogP contribution in [0, 0.1) is 0 Å². The first-order valence-electron chi connectivity index (χ1n) is 10.8. The van der Waals surface area contributed by atoms with Crippen LogP contribution in [0.3, 0.4) is 0 Å². The highest BCUT2D eigenvalue weighted by Crippen LogP contribution is 2.34. The first-order chi connectivity index (χ1) is 16.2.